The molecule has 0 saturated carbocycles. The van der Waals surface area contributed by atoms with Crippen LogP contribution in [0.1, 0.15) is 16.7 Å². The minimum Gasteiger partial charge on any atom is -0.394 e. The summed E-state index contributed by atoms with van der Waals surface area (Å²) in [5.41, 5.74) is 9.62. The van der Waals surface area contributed by atoms with Crippen molar-refractivity contribution >= 4 is 81.2 Å². The molecule has 0 amide bonds. The first-order chi connectivity index (χ1) is 16.3. The number of rotatable bonds is 6. The van der Waals surface area contributed by atoms with E-state index in [1.807, 2.05) is 35.0 Å². The molecule has 38 heavy (non-hydrogen) atoms. The predicted octanol–water partition coefficient (Wildman–Crippen LogP) is -0.150. The number of alkyl halides is 1. The Morgan fingerprint density at radius 2 is 1.13 bits per heavy atom. The first-order valence-corrected chi connectivity index (χ1v) is 12.9. The molecule has 0 spiro atoms. The largest absolute Gasteiger partial charge is 0.394 e. The van der Waals surface area contributed by atoms with Crippen LogP contribution in [0.25, 0.3) is 0 Å². The zero-order valence-corrected chi connectivity index (χ0v) is 32.8. The van der Waals surface area contributed by atoms with E-state index >= 15 is 0 Å². The molecule has 196 valence electrons. The quantitative estimate of drug-likeness (QED) is 0.131. The van der Waals surface area contributed by atoms with Gasteiger partial charge in [0.15, 0.2) is 0 Å². The summed E-state index contributed by atoms with van der Waals surface area (Å²) in [6, 6.07) is 0. The maximum absolute atomic E-state index is 9.09. The molecule has 0 saturated heterocycles. The molecule has 0 aliphatic heterocycles. The van der Waals surface area contributed by atoms with E-state index in [1.54, 1.807) is 25.9 Å². The van der Waals surface area contributed by atoms with Gasteiger partial charge in [0, 0.05) is 132 Å². The van der Waals surface area contributed by atoms with Gasteiger partial charge < -0.3 is 46.9 Å². The van der Waals surface area contributed by atoms with Crippen LogP contribution in [-0.2, 0) is 126 Å². The molecule has 10 nitrogen and oxygen atoms in total. The molecular formula is C18H24B3Cl3N8O2SY3-3. The summed E-state index contributed by atoms with van der Waals surface area (Å²) in [4.78, 5) is 23.5. The smallest absolute Gasteiger partial charge is 0.211 e. The second-order valence-electron chi connectivity index (χ2n) is 5.64. The molecular weight excluding hydrogens is 798 g/mol. The molecule has 0 bridgehead atoms. The van der Waals surface area contributed by atoms with Gasteiger partial charge in [0.1, 0.15) is 21.8 Å². The molecule has 0 atom stereocenters. The summed E-state index contributed by atoms with van der Waals surface area (Å²) < 4.78 is 9.09. The summed E-state index contributed by atoms with van der Waals surface area (Å²) in [6.45, 7) is 6.00. The van der Waals surface area contributed by atoms with Crippen LogP contribution in [0, 0.1) is 18.6 Å². The summed E-state index contributed by atoms with van der Waals surface area (Å²) in [5, 5.41) is 8.58. The summed E-state index contributed by atoms with van der Waals surface area (Å²) in [7, 11) is 12.8. The number of nitrogens with two attached hydrogens (primary N) is 1. The van der Waals surface area contributed by atoms with Gasteiger partial charge in [-0.1, -0.05) is 57.7 Å². The van der Waals surface area contributed by atoms with Gasteiger partial charge in [0.25, 0.3) is 0 Å². The van der Waals surface area contributed by atoms with E-state index in [9.17, 15) is 0 Å². The van der Waals surface area contributed by atoms with Crippen molar-refractivity contribution in [3.05, 3.63) is 53.9 Å². The molecule has 6 radical (unpaired) electrons. The fourth-order valence-electron chi connectivity index (χ4n) is 1.65. The van der Waals surface area contributed by atoms with Gasteiger partial charge in [-0.15, -0.1) is 28.3 Å². The topological polar surface area (TPSA) is 176 Å². The molecule has 3 heterocycles. The Morgan fingerprint density at radius 3 is 1.34 bits per heavy atom. The SMILES string of the molecule is C[B]c1n[c-]c(CCl)cn1.C[B]c1n[c-]c(CN)cn1.C[B]c1n[c-]c(CO)cn1.N.O=S(Cl)Cl.[Y].[Y].[Y]. The van der Waals surface area contributed by atoms with Crippen LogP contribution < -0.4 is 29.1 Å². The van der Waals surface area contributed by atoms with Crippen molar-refractivity contribution in [3.63, 3.8) is 0 Å². The molecule has 0 aliphatic carbocycles. The van der Waals surface area contributed by atoms with E-state index < -0.39 is 9.23 Å². The third-order valence-corrected chi connectivity index (χ3v) is 3.60. The van der Waals surface area contributed by atoms with Crippen LogP contribution in [0.15, 0.2) is 18.6 Å². The molecule has 3 rings (SSSR count). The van der Waals surface area contributed by atoms with E-state index in [-0.39, 0.29) is 111 Å². The normalized spacial score (nSPS) is 8.34. The third-order valence-electron chi connectivity index (χ3n) is 3.31. The molecule has 6 N–H and O–H groups in total. The fraction of sp³-hybridized carbons (Fsp3) is 0.333. The van der Waals surface area contributed by atoms with Gasteiger partial charge in [0.2, 0.25) is 9.23 Å². The maximum Gasteiger partial charge on any atom is 0.211 e. The van der Waals surface area contributed by atoms with E-state index in [4.69, 9.17) is 26.7 Å². The van der Waals surface area contributed by atoms with Gasteiger partial charge in [-0.2, -0.15) is 0 Å². The Morgan fingerprint density at radius 1 is 0.816 bits per heavy atom. The van der Waals surface area contributed by atoms with Crippen LogP contribution in [0.2, 0.25) is 20.5 Å². The van der Waals surface area contributed by atoms with Crippen molar-refractivity contribution in [2.45, 2.75) is 39.5 Å². The summed E-state index contributed by atoms with van der Waals surface area (Å²) in [6.07, 6.45) is 13.1. The second-order valence-corrected chi connectivity index (χ2v) is 8.43. The summed E-state index contributed by atoms with van der Waals surface area (Å²) in [5.74, 6) is 0.421. The van der Waals surface area contributed by atoms with Gasteiger partial charge in [-0.25, -0.2) is 4.21 Å². The molecule has 3 aromatic rings. The number of aliphatic hydroxyl groups excluding tert-OH is 1. The molecule has 0 fully saturated rings. The Bertz CT molecular complexity index is 763. The number of nitrogens with zero attached hydrogens (tertiary/aromatic N) is 6. The van der Waals surface area contributed by atoms with Crippen molar-refractivity contribution < 1.29 is 107 Å². The van der Waals surface area contributed by atoms with Gasteiger partial charge >= 0.3 is 0 Å². The first kappa shape index (κ1) is 49.3. The van der Waals surface area contributed by atoms with Gasteiger partial charge in [0.05, 0.1) is 0 Å². The molecule has 3 aromatic heterocycles. The Kier molecular flexibility index (Phi) is 43.0. The van der Waals surface area contributed by atoms with Crippen molar-refractivity contribution in [2.75, 3.05) is 0 Å². The third kappa shape index (κ3) is 26.5. The first-order valence-electron chi connectivity index (χ1n) is 9.53. The van der Waals surface area contributed by atoms with Crippen LogP contribution in [0.5, 0.6) is 0 Å². The van der Waals surface area contributed by atoms with E-state index in [1.165, 1.54) is 0 Å². The maximum atomic E-state index is 9.09. The Labute approximate surface area is 319 Å². The number of aromatic nitrogens is 6. The number of halogens is 3. The average molecular weight is 822 g/mol. The molecule has 20 heteroatoms. The Hall–Kier alpha value is 1.65. The molecule has 0 aromatic carbocycles. The van der Waals surface area contributed by atoms with Crippen molar-refractivity contribution in [3.8, 4) is 0 Å². The minimum atomic E-state index is -1.67. The zero-order valence-electron chi connectivity index (χ0n) is 21.2. The minimum absolute atomic E-state index is 0. The average Bonchev–Trinajstić information content (AvgIpc) is 2.89. The van der Waals surface area contributed by atoms with Gasteiger partial charge in [-0.05, 0) is 23.7 Å². The molecule has 0 unspecified atom stereocenters. The van der Waals surface area contributed by atoms with Crippen molar-refractivity contribution in [1.82, 2.24) is 36.1 Å². The van der Waals surface area contributed by atoms with E-state index in [0.29, 0.717) is 35.2 Å². The van der Waals surface area contributed by atoms with Crippen LogP contribution in [0.3, 0.4) is 0 Å². The number of hydrogen-bond acceptors (Lipinski definition) is 10. The molecule has 0 aliphatic rings. The summed E-state index contributed by atoms with van der Waals surface area (Å²) >= 11 is 5.50. The number of aliphatic hydroxyl groups is 1. The van der Waals surface area contributed by atoms with Crippen molar-refractivity contribution in [1.29, 1.82) is 0 Å². The predicted molar refractivity (Wildman–Crippen MR) is 145 cm³/mol. The monoisotopic (exact) mass is 821 g/mol. The fourth-order valence-corrected chi connectivity index (χ4v) is 1.78. The van der Waals surface area contributed by atoms with E-state index in [0.717, 1.165) is 11.1 Å². The van der Waals surface area contributed by atoms with Crippen LogP contribution in [0.4, 0.5) is 0 Å². The van der Waals surface area contributed by atoms with Crippen LogP contribution >= 0.6 is 33.0 Å². The van der Waals surface area contributed by atoms with E-state index in [2.05, 4.69) is 69.9 Å². The second kappa shape index (κ2) is 33.2. The standard InChI is InChI=1S/C6H6BClN2.C6H8BN3.C6H7BN2O.Cl2OS.H3N.3Y/c2*1-7-6-9-3-5(2-8)4-10-6;1-7-6-8-2-5(4-10)3-9-6;1-4(2)3;;;;/h3H,2H2,1H3;3H,2,8H2,1H3;2,10H,4H2,1H3;;1H3;;;/q3*-1;;;;;. The van der Waals surface area contributed by atoms with Gasteiger partial charge in [-0.3, -0.25) is 0 Å². The Balaban J connectivity index is -0.000000128. The van der Waals surface area contributed by atoms with Crippen LogP contribution in [-0.4, -0.2) is 61.1 Å². The zero-order chi connectivity index (χ0) is 25.8. The van der Waals surface area contributed by atoms with Crippen molar-refractivity contribution in [2.24, 2.45) is 5.73 Å². The number of hydrogen-bond donors (Lipinski definition) is 3.